The Morgan fingerprint density at radius 2 is 2.35 bits per heavy atom. The largest absolute Gasteiger partial charge is 0.444 e. The normalized spacial score (nSPS) is 19.6. The zero-order valence-electron chi connectivity index (χ0n) is 12.1. The molecule has 108 valence electrons. The molecule has 1 aliphatic rings. The Balaban J connectivity index is 2.01. The molecule has 6 nitrogen and oxygen atoms in total. The Labute approximate surface area is 118 Å². The number of rotatable bonds is 3. The average molecular weight is 276 g/mol. The minimum Gasteiger partial charge on any atom is -0.444 e. The number of piperazine rings is 1. The summed E-state index contributed by atoms with van der Waals surface area (Å²) >= 11 is 0. The van der Waals surface area contributed by atoms with E-state index in [9.17, 15) is 4.79 Å². The average Bonchev–Trinajstić information content (AvgIpc) is 2.67. The highest BCUT2D eigenvalue weighted by Crippen LogP contribution is 2.25. The third-order valence-corrected chi connectivity index (χ3v) is 3.74. The van der Waals surface area contributed by atoms with Gasteiger partial charge in [-0.05, 0) is 20.8 Å². The number of nitrogens with zero attached hydrogens (tertiary/aromatic N) is 2. The van der Waals surface area contributed by atoms with Crippen molar-refractivity contribution in [3.8, 4) is 6.07 Å². The number of anilines is 1. The molecule has 6 heteroatoms. The Hall–Kier alpha value is -1.84. The van der Waals surface area contributed by atoms with Crippen LogP contribution in [-0.2, 0) is 4.79 Å². The van der Waals surface area contributed by atoms with Crippen molar-refractivity contribution in [2.45, 2.75) is 26.8 Å². The summed E-state index contributed by atoms with van der Waals surface area (Å²) in [5.41, 5.74) is 1.18. The summed E-state index contributed by atoms with van der Waals surface area (Å²) in [4.78, 5) is 14.2. The second kappa shape index (κ2) is 6.07. The second-order valence-corrected chi connectivity index (χ2v) is 5.17. The zero-order chi connectivity index (χ0) is 14.7. The number of carbonyl (C=O) groups is 1. The fourth-order valence-corrected chi connectivity index (χ4v) is 2.32. The molecule has 0 aliphatic carbocycles. The van der Waals surface area contributed by atoms with Gasteiger partial charge >= 0.3 is 0 Å². The molecule has 1 saturated heterocycles. The molecule has 0 spiro atoms. The fourth-order valence-electron chi connectivity index (χ4n) is 2.32. The van der Waals surface area contributed by atoms with Gasteiger partial charge in [0.2, 0.25) is 11.8 Å². The fraction of sp³-hybridized carbons (Fsp3) is 0.571. The smallest absolute Gasteiger partial charge is 0.240 e. The number of hydrogen-bond donors (Lipinski definition) is 2. The van der Waals surface area contributed by atoms with Crippen LogP contribution in [0.4, 0.5) is 5.88 Å². The predicted octanol–water partition coefficient (Wildman–Crippen LogP) is 1.00. The summed E-state index contributed by atoms with van der Waals surface area (Å²) in [5, 5.41) is 15.1. The van der Waals surface area contributed by atoms with Crippen molar-refractivity contribution in [2.75, 3.05) is 31.5 Å². The van der Waals surface area contributed by atoms with Crippen molar-refractivity contribution >= 4 is 11.8 Å². The van der Waals surface area contributed by atoms with Crippen molar-refractivity contribution in [3.63, 3.8) is 0 Å². The first-order valence-corrected chi connectivity index (χ1v) is 6.77. The summed E-state index contributed by atoms with van der Waals surface area (Å²) in [7, 11) is 0. The predicted molar refractivity (Wildman–Crippen MR) is 75.4 cm³/mol. The lowest BCUT2D eigenvalue weighted by atomic mass is 10.2. The molecule has 1 atom stereocenters. The molecular weight excluding hydrogens is 256 g/mol. The van der Waals surface area contributed by atoms with Gasteiger partial charge in [0, 0.05) is 31.2 Å². The summed E-state index contributed by atoms with van der Waals surface area (Å²) in [6.07, 6.45) is 0. The summed E-state index contributed by atoms with van der Waals surface area (Å²) in [6.45, 7) is 8.61. The first-order chi connectivity index (χ1) is 9.52. The topological polar surface area (TPSA) is 81.3 Å². The molecule has 2 heterocycles. The van der Waals surface area contributed by atoms with Crippen molar-refractivity contribution in [2.24, 2.45) is 0 Å². The third-order valence-electron chi connectivity index (χ3n) is 3.74. The Morgan fingerprint density at radius 1 is 1.60 bits per heavy atom. The van der Waals surface area contributed by atoms with Crippen LogP contribution in [0.25, 0.3) is 0 Å². The van der Waals surface area contributed by atoms with Gasteiger partial charge in [0.05, 0.1) is 6.54 Å². The van der Waals surface area contributed by atoms with Gasteiger partial charge in [0.25, 0.3) is 0 Å². The minimum absolute atomic E-state index is 0.149. The monoisotopic (exact) mass is 276 g/mol. The Bertz CT molecular complexity index is 544. The molecule has 0 bridgehead atoms. The van der Waals surface area contributed by atoms with E-state index < -0.39 is 0 Å². The first kappa shape index (κ1) is 14.6. The molecule has 0 aromatic carbocycles. The van der Waals surface area contributed by atoms with Gasteiger partial charge in [0.1, 0.15) is 17.4 Å². The zero-order valence-corrected chi connectivity index (χ0v) is 12.1. The summed E-state index contributed by atoms with van der Waals surface area (Å²) in [6, 6.07) is 2.39. The van der Waals surface area contributed by atoms with Gasteiger partial charge in [-0.15, -0.1) is 0 Å². The molecule has 2 rings (SSSR count). The number of aryl methyl sites for hydroxylation is 1. The van der Waals surface area contributed by atoms with Crippen LogP contribution in [0.5, 0.6) is 0 Å². The van der Waals surface area contributed by atoms with Crippen LogP contribution in [0.2, 0.25) is 0 Å². The van der Waals surface area contributed by atoms with Gasteiger partial charge in [-0.25, -0.2) is 0 Å². The van der Waals surface area contributed by atoms with Crippen LogP contribution in [0, 0.1) is 25.2 Å². The lowest BCUT2D eigenvalue weighted by Crippen LogP contribution is -2.52. The lowest BCUT2D eigenvalue weighted by Gasteiger charge is -2.33. The molecule has 1 amide bonds. The maximum absolute atomic E-state index is 12.1. The van der Waals surface area contributed by atoms with E-state index in [-0.39, 0.29) is 11.8 Å². The van der Waals surface area contributed by atoms with Crippen LogP contribution in [0.1, 0.15) is 23.8 Å². The molecule has 0 saturated carbocycles. The molecule has 1 fully saturated rings. The third kappa shape index (κ3) is 3.00. The van der Waals surface area contributed by atoms with E-state index in [1.807, 2.05) is 6.92 Å². The Kier molecular flexibility index (Phi) is 4.42. The van der Waals surface area contributed by atoms with Crippen molar-refractivity contribution in [3.05, 3.63) is 16.9 Å². The second-order valence-electron chi connectivity index (χ2n) is 5.17. The van der Waals surface area contributed by atoms with E-state index in [2.05, 4.69) is 28.5 Å². The molecule has 1 aliphatic heterocycles. The van der Waals surface area contributed by atoms with Crippen molar-refractivity contribution < 1.29 is 9.21 Å². The SMILES string of the molecule is Cc1oc(NC(=O)CN2CCNC[C@H]2C)c(C#N)c1C. The molecule has 1 aromatic heterocycles. The van der Waals surface area contributed by atoms with E-state index in [0.29, 0.717) is 23.9 Å². The van der Waals surface area contributed by atoms with Gasteiger partial charge in [-0.3, -0.25) is 15.0 Å². The van der Waals surface area contributed by atoms with E-state index in [0.717, 1.165) is 25.2 Å². The van der Waals surface area contributed by atoms with Gasteiger partial charge in [-0.1, -0.05) is 0 Å². The molecule has 20 heavy (non-hydrogen) atoms. The van der Waals surface area contributed by atoms with Crippen molar-refractivity contribution in [1.29, 1.82) is 5.26 Å². The van der Waals surface area contributed by atoms with E-state index in [1.54, 1.807) is 6.92 Å². The summed E-state index contributed by atoms with van der Waals surface area (Å²) in [5.74, 6) is 0.770. The van der Waals surface area contributed by atoms with E-state index >= 15 is 0 Å². The van der Waals surface area contributed by atoms with E-state index in [1.165, 1.54) is 0 Å². The van der Waals surface area contributed by atoms with Gasteiger partial charge in [0.15, 0.2) is 0 Å². The molecule has 0 radical (unpaired) electrons. The molecule has 2 N–H and O–H groups in total. The number of nitrogens with one attached hydrogen (secondary N) is 2. The van der Waals surface area contributed by atoms with Crippen LogP contribution in [0.3, 0.4) is 0 Å². The highest BCUT2D eigenvalue weighted by atomic mass is 16.4. The number of amides is 1. The molecule has 0 unspecified atom stereocenters. The van der Waals surface area contributed by atoms with Gasteiger partial charge < -0.3 is 9.73 Å². The van der Waals surface area contributed by atoms with Crippen LogP contribution < -0.4 is 10.6 Å². The molecule has 1 aromatic rings. The maximum atomic E-state index is 12.1. The summed E-state index contributed by atoms with van der Waals surface area (Å²) < 4.78 is 5.44. The lowest BCUT2D eigenvalue weighted by molar-refractivity contribution is -0.118. The number of carbonyl (C=O) groups excluding carboxylic acids is 1. The maximum Gasteiger partial charge on any atom is 0.240 e. The molecular formula is C14H20N4O2. The van der Waals surface area contributed by atoms with Gasteiger partial charge in [-0.2, -0.15) is 5.26 Å². The van der Waals surface area contributed by atoms with Crippen LogP contribution >= 0.6 is 0 Å². The van der Waals surface area contributed by atoms with Crippen LogP contribution in [0.15, 0.2) is 4.42 Å². The van der Waals surface area contributed by atoms with Crippen LogP contribution in [-0.4, -0.2) is 43.0 Å². The van der Waals surface area contributed by atoms with E-state index in [4.69, 9.17) is 9.68 Å². The number of nitriles is 1. The standard InChI is InChI=1S/C14H20N4O2/c1-9-7-16-4-5-18(9)8-13(19)17-14-12(6-15)10(2)11(3)20-14/h9,16H,4-5,7-8H2,1-3H3,(H,17,19)/t9-/m1/s1. The highest BCUT2D eigenvalue weighted by Gasteiger charge is 2.22. The number of hydrogen-bond acceptors (Lipinski definition) is 5. The van der Waals surface area contributed by atoms with Crippen molar-refractivity contribution in [1.82, 2.24) is 10.2 Å². The highest BCUT2D eigenvalue weighted by molar-refractivity contribution is 5.92. The Morgan fingerprint density at radius 3 is 3.00 bits per heavy atom. The quantitative estimate of drug-likeness (QED) is 0.860. The number of furan rings is 1. The minimum atomic E-state index is -0.149. The first-order valence-electron chi connectivity index (χ1n) is 6.77.